The summed E-state index contributed by atoms with van der Waals surface area (Å²) in [4.78, 5) is 13.4. The Morgan fingerprint density at radius 3 is 3.05 bits per heavy atom. The molecule has 1 aliphatic rings. The Kier molecular flexibility index (Phi) is 3.46. The molecule has 1 saturated heterocycles. The maximum absolute atomic E-state index is 11.3. The molecule has 1 fully saturated rings. The molecule has 1 aliphatic heterocycles. The quantitative estimate of drug-likeness (QED) is 0.877. The number of nitrogens with one attached hydrogen (secondary N) is 1. The molecule has 3 rings (SSSR count). The highest BCUT2D eigenvalue weighted by molar-refractivity contribution is 5.84. The Labute approximate surface area is 117 Å². The first kappa shape index (κ1) is 13.1. The zero-order valence-electron chi connectivity index (χ0n) is 11.5. The summed E-state index contributed by atoms with van der Waals surface area (Å²) in [5.41, 5.74) is 2.38. The van der Waals surface area contributed by atoms with Crippen LogP contribution in [0.5, 0.6) is 0 Å². The minimum absolute atomic E-state index is 0.442. The summed E-state index contributed by atoms with van der Waals surface area (Å²) in [6, 6.07) is 7.80. The molecule has 0 radical (unpaired) electrons. The Hall–Kier alpha value is -1.85. The van der Waals surface area contributed by atoms with Crippen molar-refractivity contribution in [2.75, 3.05) is 19.6 Å². The van der Waals surface area contributed by atoms with Crippen molar-refractivity contribution in [1.82, 2.24) is 14.8 Å². The van der Waals surface area contributed by atoms with Crippen LogP contribution in [0.25, 0.3) is 10.9 Å². The van der Waals surface area contributed by atoms with Gasteiger partial charge in [-0.25, -0.2) is 0 Å². The van der Waals surface area contributed by atoms with Gasteiger partial charge >= 0.3 is 5.97 Å². The van der Waals surface area contributed by atoms with Crippen molar-refractivity contribution in [1.29, 1.82) is 0 Å². The van der Waals surface area contributed by atoms with Gasteiger partial charge in [-0.1, -0.05) is 18.2 Å². The van der Waals surface area contributed by atoms with Crippen molar-refractivity contribution in [2.45, 2.75) is 12.6 Å². The number of aryl methyl sites for hydroxylation is 1. The lowest BCUT2D eigenvalue weighted by molar-refractivity contribution is -0.144. The highest BCUT2D eigenvalue weighted by Crippen LogP contribution is 2.22. The van der Waals surface area contributed by atoms with Gasteiger partial charge in [-0.2, -0.15) is 0 Å². The predicted molar refractivity (Wildman–Crippen MR) is 77.6 cm³/mol. The number of carboxylic acid groups (broad SMARTS) is 1. The third kappa shape index (κ3) is 2.30. The Balaban J connectivity index is 1.90. The molecule has 2 heterocycles. The van der Waals surface area contributed by atoms with Crippen LogP contribution in [0.2, 0.25) is 0 Å². The van der Waals surface area contributed by atoms with Gasteiger partial charge in [-0.05, 0) is 11.6 Å². The van der Waals surface area contributed by atoms with E-state index in [1.807, 2.05) is 24.1 Å². The van der Waals surface area contributed by atoms with Gasteiger partial charge in [0.2, 0.25) is 0 Å². The van der Waals surface area contributed by atoms with Crippen molar-refractivity contribution in [3.8, 4) is 0 Å². The number of benzene rings is 1. The predicted octanol–water partition coefficient (Wildman–Crippen LogP) is 1.04. The molecular weight excluding hydrogens is 254 g/mol. The normalized spacial score (nSPS) is 20.4. The molecular formula is C15H19N3O2. The maximum Gasteiger partial charge on any atom is 0.322 e. The monoisotopic (exact) mass is 273 g/mol. The molecule has 0 spiro atoms. The second-order valence-corrected chi connectivity index (χ2v) is 5.31. The van der Waals surface area contributed by atoms with Gasteiger partial charge < -0.3 is 15.0 Å². The van der Waals surface area contributed by atoms with Gasteiger partial charge in [0.15, 0.2) is 0 Å². The smallest absolute Gasteiger partial charge is 0.322 e. The molecule has 0 amide bonds. The minimum Gasteiger partial charge on any atom is -0.480 e. The molecule has 1 atom stereocenters. The van der Waals surface area contributed by atoms with Gasteiger partial charge in [0.05, 0.1) is 0 Å². The average Bonchev–Trinajstić information content (AvgIpc) is 2.76. The average molecular weight is 273 g/mol. The molecule has 5 heteroatoms. The Morgan fingerprint density at radius 2 is 2.25 bits per heavy atom. The fourth-order valence-electron chi connectivity index (χ4n) is 2.95. The number of piperazine rings is 1. The lowest BCUT2D eigenvalue weighted by Gasteiger charge is -2.33. The highest BCUT2D eigenvalue weighted by atomic mass is 16.4. The number of aromatic nitrogens is 1. The van der Waals surface area contributed by atoms with Crippen LogP contribution in [0.3, 0.4) is 0 Å². The van der Waals surface area contributed by atoms with Crippen LogP contribution in [-0.2, 0) is 18.4 Å². The SMILES string of the molecule is Cn1cc(CN2CCNCC2C(=O)O)c2ccccc21. The van der Waals surface area contributed by atoms with Crippen LogP contribution in [0.1, 0.15) is 5.56 Å². The van der Waals surface area contributed by atoms with Crippen molar-refractivity contribution < 1.29 is 9.90 Å². The first-order valence-corrected chi connectivity index (χ1v) is 6.87. The van der Waals surface area contributed by atoms with E-state index in [4.69, 9.17) is 0 Å². The summed E-state index contributed by atoms with van der Waals surface area (Å²) < 4.78 is 2.10. The van der Waals surface area contributed by atoms with Crippen LogP contribution in [-0.4, -0.2) is 46.2 Å². The zero-order chi connectivity index (χ0) is 14.1. The number of hydrogen-bond donors (Lipinski definition) is 2. The summed E-state index contributed by atoms with van der Waals surface area (Å²) in [6.45, 7) is 2.80. The molecule has 0 bridgehead atoms. The number of nitrogens with zero attached hydrogens (tertiary/aromatic N) is 2. The van der Waals surface area contributed by atoms with Crippen molar-refractivity contribution >= 4 is 16.9 Å². The maximum atomic E-state index is 11.3. The number of fused-ring (bicyclic) bond motifs is 1. The molecule has 0 saturated carbocycles. The highest BCUT2D eigenvalue weighted by Gasteiger charge is 2.28. The van der Waals surface area contributed by atoms with Gasteiger partial charge in [-0.3, -0.25) is 9.69 Å². The van der Waals surface area contributed by atoms with Gasteiger partial charge in [0.25, 0.3) is 0 Å². The van der Waals surface area contributed by atoms with Crippen LogP contribution < -0.4 is 5.32 Å². The van der Waals surface area contributed by atoms with E-state index in [0.717, 1.165) is 13.1 Å². The van der Waals surface area contributed by atoms with E-state index in [1.54, 1.807) is 0 Å². The number of carboxylic acids is 1. The van der Waals surface area contributed by atoms with Crippen LogP contribution >= 0.6 is 0 Å². The third-order valence-electron chi connectivity index (χ3n) is 3.99. The number of para-hydroxylation sites is 1. The Morgan fingerprint density at radius 1 is 1.45 bits per heavy atom. The number of carbonyl (C=O) groups is 1. The number of hydrogen-bond acceptors (Lipinski definition) is 3. The second-order valence-electron chi connectivity index (χ2n) is 5.31. The summed E-state index contributed by atoms with van der Waals surface area (Å²) >= 11 is 0. The first-order valence-electron chi connectivity index (χ1n) is 6.87. The van der Waals surface area contributed by atoms with E-state index in [0.29, 0.717) is 13.1 Å². The molecule has 2 aromatic rings. The molecule has 5 nitrogen and oxygen atoms in total. The lowest BCUT2D eigenvalue weighted by atomic mass is 10.1. The Bertz CT molecular complexity index is 635. The van der Waals surface area contributed by atoms with Crippen LogP contribution in [0.4, 0.5) is 0 Å². The van der Waals surface area contributed by atoms with E-state index < -0.39 is 12.0 Å². The van der Waals surface area contributed by atoms with Crippen molar-refractivity contribution in [3.05, 3.63) is 36.0 Å². The minimum atomic E-state index is -0.752. The standard InChI is InChI=1S/C15H19N3O2/c1-17-9-11(12-4-2-3-5-13(12)17)10-18-7-6-16-8-14(18)15(19)20/h2-5,9,14,16H,6-8,10H2,1H3,(H,19,20). The summed E-state index contributed by atoms with van der Waals surface area (Å²) in [5, 5.41) is 13.7. The van der Waals surface area contributed by atoms with E-state index in [-0.39, 0.29) is 0 Å². The van der Waals surface area contributed by atoms with Gasteiger partial charge in [-0.15, -0.1) is 0 Å². The number of aliphatic carboxylic acids is 1. The molecule has 1 aromatic carbocycles. The molecule has 106 valence electrons. The summed E-state index contributed by atoms with van der Waals surface area (Å²) in [7, 11) is 2.03. The van der Waals surface area contributed by atoms with E-state index >= 15 is 0 Å². The van der Waals surface area contributed by atoms with E-state index in [2.05, 4.69) is 28.2 Å². The molecule has 20 heavy (non-hydrogen) atoms. The zero-order valence-corrected chi connectivity index (χ0v) is 11.5. The topological polar surface area (TPSA) is 57.5 Å². The third-order valence-corrected chi connectivity index (χ3v) is 3.99. The largest absolute Gasteiger partial charge is 0.480 e. The van der Waals surface area contributed by atoms with Crippen LogP contribution in [0, 0.1) is 0 Å². The lowest BCUT2D eigenvalue weighted by Crippen LogP contribution is -2.54. The molecule has 1 aromatic heterocycles. The van der Waals surface area contributed by atoms with Gasteiger partial charge in [0, 0.05) is 50.3 Å². The van der Waals surface area contributed by atoms with Crippen molar-refractivity contribution in [2.24, 2.45) is 7.05 Å². The number of rotatable bonds is 3. The summed E-state index contributed by atoms with van der Waals surface area (Å²) in [6.07, 6.45) is 2.10. The fraction of sp³-hybridized carbons (Fsp3) is 0.400. The summed E-state index contributed by atoms with van der Waals surface area (Å²) in [5.74, 6) is -0.752. The van der Waals surface area contributed by atoms with Crippen molar-refractivity contribution in [3.63, 3.8) is 0 Å². The van der Waals surface area contributed by atoms with Gasteiger partial charge in [0.1, 0.15) is 6.04 Å². The second kappa shape index (κ2) is 5.26. The van der Waals surface area contributed by atoms with E-state index in [9.17, 15) is 9.90 Å². The first-order chi connectivity index (χ1) is 9.66. The van der Waals surface area contributed by atoms with E-state index in [1.165, 1.54) is 16.5 Å². The fourth-order valence-corrected chi connectivity index (χ4v) is 2.95. The molecule has 1 unspecified atom stereocenters. The van der Waals surface area contributed by atoms with Crippen LogP contribution in [0.15, 0.2) is 30.5 Å². The molecule has 0 aliphatic carbocycles. The molecule has 2 N–H and O–H groups in total.